The second-order valence-corrected chi connectivity index (χ2v) is 10.7. The summed E-state index contributed by atoms with van der Waals surface area (Å²) in [6, 6.07) is 4.80. The van der Waals surface area contributed by atoms with Crippen LogP contribution in [0.2, 0.25) is 0 Å². The lowest BCUT2D eigenvalue weighted by molar-refractivity contribution is -0.142. The first kappa shape index (κ1) is 27.7. The Labute approximate surface area is 227 Å². The molecule has 0 radical (unpaired) electrons. The fourth-order valence-electron chi connectivity index (χ4n) is 5.24. The number of aromatic nitrogens is 1. The van der Waals surface area contributed by atoms with Crippen LogP contribution in [0.3, 0.4) is 0 Å². The molecule has 1 atom stereocenters. The fourth-order valence-corrected chi connectivity index (χ4v) is 5.77. The van der Waals surface area contributed by atoms with E-state index < -0.39 is 6.04 Å². The van der Waals surface area contributed by atoms with Crippen molar-refractivity contribution in [3.05, 3.63) is 35.3 Å². The molecule has 4 rings (SSSR count). The third-order valence-corrected chi connectivity index (χ3v) is 7.99. The molecule has 38 heavy (non-hydrogen) atoms. The van der Waals surface area contributed by atoms with Crippen LogP contribution in [0.4, 0.5) is 9.93 Å². The van der Waals surface area contributed by atoms with Crippen molar-refractivity contribution in [2.75, 3.05) is 45.7 Å². The number of benzene rings is 1. The molecule has 2 aliphatic rings. The summed E-state index contributed by atoms with van der Waals surface area (Å²) in [6.07, 6.45) is 8.61. The molecule has 2 aromatic rings. The maximum atomic E-state index is 13.3. The number of methoxy groups -OCH3 is 2. The first-order valence-electron chi connectivity index (χ1n) is 13.2. The van der Waals surface area contributed by atoms with E-state index in [1.54, 1.807) is 30.7 Å². The SMILES string of the molecule is COc1ccc(CCNC(=O)N2CCN(C(CC3CCCCC3)C(=O)Nc3nccs3)C(=O)C2)cc1OC. The molecule has 2 N–H and O–H groups in total. The normalized spacial score (nSPS) is 17.2. The number of amides is 4. The quantitative estimate of drug-likeness (QED) is 0.474. The van der Waals surface area contributed by atoms with Gasteiger partial charge in [-0.05, 0) is 36.5 Å². The van der Waals surface area contributed by atoms with E-state index in [1.165, 1.54) is 22.7 Å². The van der Waals surface area contributed by atoms with Gasteiger partial charge in [-0.25, -0.2) is 9.78 Å². The van der Waals surface area contributed by atoms with Crippen LogP contribution in [0.1, 0.15) is 44.1 Å². The molecule has 1 aliphatic carbocycles. The fraction of sp³-hybridized carbons (Fsp3) is 0.556. The predicted molar refractivity (Wildman–Crippen MR) is 146 cm³/mol. The van der Waals surface area contributed by atoms with E-state index in [2.05, 4.69) is 15.6 Å². The number of thiazole rings is 1. The molecule has 206 valence electrons. The molecule has 1 aromatic carbocycles. The van der Waals surface area contributed by atoms with Crippen LogP contribution >= 0.6 is 11.3 Å². The van der Waals surface area contributed by atoms with E-state index in [0.29, 0.717) is 55.0 Å². The molecule has 1 aromatic heterocycles. The second-order valence-electron chi connectivity index (χ2n) is 9.76. The van der Waals surface area contributed by atoms with Crippen molar-refractivity contribution in [3.63, 3.8) is 0 Å². The molecule has 2 fully saturated rings. The number of anilines is 1. The summed E-state index contributed by atoms with van der Waals surface area (Å²) in [5.74, 6) is 1.30. The Hall–Kier alpha value is -3.34. The first-order chi connectivity index (χ1) is 18.5. The van der Waals surface area contributed by atoms with Crippen LogP contribution in [-0.4, -0.2) is 79.1 Å². The summed E-state index contributed by atoms with van der Waals surface area (Å²) in [7, 11) is 3.17. The lowest BCUT2D eigenvalue weighted by Gasteiger charge is -2.39. The first-order valence-corrected chi connectivity index (χ1v) is 14.1. The van der Waals surface area contributed by atoms with Gasteiger partial charge in [0.15, 0.2) is 16.6 Å². The monoisotopic (exact) mass is 543 g/mol. The number of carbonyl (C=O) groups is 3. The number of rotatable bonds is 10. The average Bonchev–Trinajstić information content (AvgIpc) is 3.45. The minimum Gasteiger partial charge on any atom is -0.493 e. The van der Waals surface area contributed by atoms with E-state index in [0.717, 1.165) is 31.2 Å². The Morgan fingerprint density at radius 2 is 1.92 bits per heavy atom. The Kier molecular flexibility index (Phi) is 9.80. The number of ether oxygens (including phenoxy) is 2. The molecule has 1 aliphatic heterocycles. The number of hydrogen-bond donors (Lipinski definition) is 2. The van der Waals surface area contributed by atoms with Gasteiger partial charge in [-0.1, -0.05) is 38.2 Å². The van der Waals surface area contributed by atoms with Crippen molar-refractivity contribution in [2.45, 2.75) is 51.0 Å². The highest BCUT2D eigenvalue weighted by molar-refractivity contribution is 7.13. The summed E-state index contributed by atoms with van der Waals surface area (Å²) < 4.78 is 10.6. The Bertz CT molecular complexity index is 1090. The number of urea groups is 1. The van der Waals surface area contributed by atoms with E-state index >= 15 is 0 Å². The Balaban J connectivity index is 1.32. The second kappa shape index (κ2) is 13.5. The van der Waals surface area contributed by atoms with Crippen molar-refractivity contribution < 1.29 is 23.9 Å². The standard InChI is InChI=1S/C27H37N5O5S/c1-36-22-9-8-20(17-23(22)37-2)10-11-29-27(35)31-13-14-32(24(33)18-31)21(16-19-6-4-3-5-7-19)25(34)30-26-28-12-15-38-26/h8-9,12,15,17,19,21H,3-7,10-11,13-14,16,18H2,1-2H3,(H,29,35)(H,28,30,34). The van der Waals surface area contributed by atoms with Gasteiger partial charge in [-0.3, -0.25) is 9.59 Å². The highest BCUT2D eigenvalue weighted by Gasteiger charge is 2.37. The van der Waals surface area contributed by atoms with Crippen molar-refractivity contribution in [3.8, 4) is 11.5 Å². The van der Waals surface area contributed by atoms with Gasteiger partial charge in [0.2, 0.25) is 11.8 Å². The summed E-state index contributed by atoms with van der Waals surface area (Å²) >= 11 is 1.36. The topological polar surface area (TPSA) is 113 Å². The molecular weight excluding hydrogens is 506 g/mol. The molecule has 2 heterocycles. The van der Waals surface area contributed by atoms with E-state index in [1.807, 2.05) is 18.2 Å². The zero-order valence-electron chi connectivity index (χ0n) is 22.1. The van der Waals surface area contributed by atoms with Gasteiger partial charge in [0.25, 0.3) is 0 Å². The zero-order chi connectivity index (χ0) is 26.9. The van der Waals surface area contributed by atoms with Gasteiger partial charge in [0.1, 0.15) is 12.6 Å². The van der Waals surface area contributed by atoms with Crippen molar-refractivity contribution in [2.24, 2.45) is 5.92 Å². The van der Waals surface area contributed by atoms with Crippen LogP contribution in [-0.2, 0) is 16.0 Å². The van der Waals surface area contributed by atoms with Gasteiger partial charge in [-0.15, -0.1) is 11.3 Å². The minimum absolute atomic E-state index is 0.0477. The van der Waals surface area contributed by atoms with Crippen LogP contribution in [0.25, 0.3) is 0 Å². The highest BCUT2D eigenvalue weighted by atomic mass is 32.1. The lowest BCUT2D eigenvalue weighted by atomic mass is 9.84. The zero-order valence-corrected chi connectivity index (χ0v) is 22.9. The molecule has 4 amide bonds. The van der Waals surface area contributed by atoms with Crippen LogP contribution in [0, 0.1) is 5.92 Å². The number of piperazine rings is 1. The van der Waals surface area contributed by atoms with Crippen molar-refractivity contribution in [1.82, 2.24) is 20.1 Å². The summed E-state index contributed by atoms with van der Waals surface area (Å²) in [4.78, 5) is 46.6. The van der Waals surface area contributed by atoms with Crippen LogP contribution in [0.15, 0.2) is 29.8 Å². The Morgan fingerprint density at radius 3 is 2.61 bits per heavy atom. The number of hydrogen-bond acceptors (Lipinski definition) is 7. The highest BCUT2D eigenvalue weighted by Crippen LogP contribution is 2.30. The molecule has 0 spiro atoms. The molecule has 0 bridgehead atoms. The number of carbonyl (C=O) groups excluding carboxylic acids is 3. The van der Waals surface area contributed by atoms with Crippen LogP contribution in [0.5, 0.6) is 11.5 Å². The van der Waals surface area contributed by atoms with E-state index in [4.69, 9.17) is 9.47 Å². The smallest absolute Gasteiger partial charge is 0.317 e. The third kappa shape index (κ3) is 7.15. The van der Waals surface area contributed by atoms with Crippen LogP contribution < -0.4 is 20.1 Å². The Morgan fingerprint density at radius 1 is 1.13 bits per heavy atom. The summed E-state index contributed by atoms with van der Waals surface area (Å²) in [5, 5.41) is 8.13. The van der Waals surface area contributed by atoms with Gasteiger partial charge >= 0.3 is 6.03 Å². The van der Waals surface area contributed by atoms with E-state index in [-0.39, 0.29) is 24.4 Å². The van der Waals surface area contributed by atoms with E-state index in [9.17, 15) is 14.4 Å². The van der Waals surface area contributed by atoms with Gasteiger partial charge < -0.3 is 29.9 Å². The maximum Gasteiger partial charge on any atom is 0.317 e. The molecule has 10 nitrogen and oxygen atoms in total. The molecule has 1 unspecified atom stereocenters. The van der Waals surface area contributed by atoms with Crippen molar-refractivity contribution in [1.29, 1.82) is 0 Å². The molecule has 11 heteroatoms. The average molecular weight is 544 g/mol. The third-order valence-electron chi connectivity index (χ3n) is 7.31. The molecular formula is C27H37N5O5S. The number of nitrogens with one attached hydrogen (secondary N) is 2. The molecule has 1 saturated heterocycles. The summed E-state index contributed by atoms with van der Waals surface area (Å²) in [6.45, 7) is 1.07. The maximum absolute atomic E-state index is 13.3. The minimum atomic E-state index is -0.565. The summed E-state index contributed by atoms with van der Waals surface area (Å²) in [5.41, 5.74) is 1.00. The molecule has 1 saturated carbocycles. The van der Waals surface area contributed by atoms with Gasteiger partial charge in [0, 0.05) is 31.2 Å². The van der Waals surface area contributed by atoms with Gasteiger partial charge in [-0.2, -0.15) is 0 Å². The predicted octanol–water partition coefficient (Wildman–Crippen LogP) is 3.53. The van der Waals surface area contributed by atoms with Crippen molar-refractivity contribution >= 4 is 34.3 Å². The largest absolute Gasteiger partial charge is 0.493 e. The van der Waals surface area contributed by atoms with Gasteiger partial charge in [0.05, 0.1) is 14.2 Å². The number of nitrogens with zero attached hydrogens (tertiary/aromatic N) is 3. The lowest BCUT2D eigenvalue weighted by Crippen LogP contribution is -2.59.